The average molecular weight is 187 g/mol. The topological polar surface area (TPSA) is 12.5 Å². The van der Waals surface area contributed by atoms with E-state index in [0.717, 1.165) is 12.8 Å². The van der Waals surface area contributed by atoms with Crippen molar-refractivity contribution in [3.63, 3.8) is 0 Å². The Morgan fingerprint density at radius 2 is 2.29 bits per heavy atom. The zero-order valence-corrected chi connectivity index (χ0v) is 8.02. The Morgan fingerprint density at radius 3 is 3.14 bits per heavy atom. The molecule has 1 aromatic rings. The molecule has 1 saturated heterocycles. The smallest absolute Gasteiger partial charge is 0.0921 e. The first-order chi connectivity index (χ1) is 6.88. The van der Waals surface area contributed by atoms with E-state index >= 15 is 0 Å². The summed E-state index contributed by atoms with van der Waals surface area (Å²) in [5, 5.41) is 2.01. The van der Waals surface area contributed by atoms with Gasteiger partial charge < -0.3 is 0 Å². The van der Waals surface area contributed by atoms with Gasteiger partial charge in [-0.1, -0.05) is 24.3 Å². The lowest BCUT2D eigenvalue weighted by molar-refractivity contribution is 0.0752. The Balaban J connectivity index is 2.08. The number of rotatable bonds is 1. The third-order valence-corrected chi connectivity index (χ3v) is 3.02. The minimum absolute atomic E-state index is 0.351. The molecule has 2 atom stereocenters. The number of benzene rings is 1. The highest BCUT2D eigenvalue weighted by atomic mass is 16.7. The summed E-state index contributed by atoms with van der Waals surface area (Å²) < 4.78 is 0. The minimum atomic E-state index is 0.351. The van der Waals surface area contributed by atoms with Gasteiger partial charge >= 0.3 is 0 Å². The molecule has 3 rings (SSSR count). The largest absolute Gasteiger partial charge is 0.269 e. The molecule has 2 aliphatic rings. The summed E-state index contributed by atoms with van der Waals surface area (Å²) in [7, 11) is 0. The lowest BCUT2D eigenvalue weighted by atomic mass is 10.0. The number of fused-ring (bicyclic) bond motifs is 4. The lowest BCUT2D eigenvalue weighted by Crippen LogP contribution is -2.29. The number of hydrogen-bond acceptors (Lipinski definition) is 2. The number of anilines is 1. The maximum absolute atomic E-state index is 5.79. The molecule has 14 heavy (non-hydrogen) atoms. The molecule has 0 aromatic heterocycles. The maximum atomic E-state index is 5.79. The summed E-state index contributed by atoms with van der Waals surface area (Å²) in [6, 6.07) is 8.80. The van der Waals surface area contributed by atoms with Gasteiger partial charge in [-0.05, 0) is 11.6 Å². The minimum Gasteiger partial charge on any atom is -0.269 e. The monoisotopic (exact) mass is 187 g/mol. The van der Waals surface area contributed by atoms with Crippen molar-refractivity contribution in [2.75, 3.05) is 5.06 Å². The van der Waals surface area contributed by atoms with Crippen molar-refractivity contribution in [1.82, 2.24) is 0 Å². The Labute approximate surface area is 83.7 Å². The number of nitrogens with zero attached hydrogens (tertiary/aromatic N) is 1. The summed E-state index contributed by atoms with van der Waals surface area (Å²) in [4.78, 5) is 5.79. The molecule has 1 unspecified atom stereocenters. The highest BCUT2D eigenvalue weighted by Crippen LogP contribution is 2.37. The van der Waals surface area contributed by atoms with E-state index in [0.29, 0.717) is 12.1 Å². The van der Waals surface area contributed by atoms with E-state index < -0.39 is 0 Å². The van der Waals surface area contributed by atoms with E-state index in [9.17, 15) is 0 Å². The molecule has 1 aromatic carbocycles. The predicted octanol–water partition coefficient (Wildman–Crippen LogP) is 2.31. The van der Waals surface area contributed by atoms with Crippen LogP contribution in [-0.2, 0) is 11.3 Å². The van der Waals surface area contributed by atoms with Gasteiger partial charge in [0.05, 0.1) is 17.8 Å². The van der Waals surface area contributed by atoms with Crippen molar-refractivity contribution < 1.29 is 4.84 Å². The highest BCUT2D eigenvalue weighted by molar-refractivity contribution is 5.56. The second-order valence-corrected chi connectivity index (χ2v) is 3.92. The highest BCUT2D eigenvalue weighted by Gasteiger charge is 2.37. The molecule has 0 saturated carbocycles. The standard InChI is InChI=1S/C12H13NO/c1-2-10-8-11-7-9-5-3-4-6-12(9)13(10)14-11/h2-6,10-11H,1,7-8H2/t10-,11?/m1/s1. The first-order valence-electron chi connectivity index (χ1n) is 5.05. The van der Waals surface area contributed by atoms with Crippen LogP contribution in [0.4, 0.5) is 5.69 Å². The van der Waals surface area contributed by atoms with Gasteiger partial charge in [-0.3, -0.25) is 4.84 Å². The normalized spacial score (nSPS) is 28.7. The predicted molar refractivity (Wildman–Crippen MR) is 56.1 cm³/mol. The summed E-state index contributed by atoms with van der Waals surface area (Å²) in [6.45, 7) is 3.85. The van der Waals surface area contributed by atoms with E-state index in [2.05, 4.69) is 30.8 Å². The summed E-state index contributed by atoms with van der Waals surface area (Å²) in [6.07, 6.45) is 4.44. The number of hydroxylamine groups is 1. The number of para-hydroxylation sites is 1. The Kier molecular flexibility index (Phi) is 1.64. The molecule has 1 fully saturated rings. The van der Waals surface area contributed by atoms with E-state index in [1.54, 1.807) is 0 Å². The third kappa shape index (κ3) is 1.01. The molecule has 2 aliphatic heterocycles. The van der Waals surface area contributed by atoms with Crippen molar-refractivity contribution >= 4 is 5.69 Å². The van der Waals surface area contributed by atoms with Crippen molar-refractivity contribution in [3.05, 3.63) is 42.5 Å². The molecule has 0 aliphatic carbocycles. The van der Waals surface area contributed by atoms with Gasteiger partial charge in [-0.25, -0.2) is 5.06 Å². The number of hydrogen-bond donors (Lipinski definition) is 0. The zero-order valence-electron chi connectivity index (χ0n) is 8.02. The maximum Gasteiger partial charge on any atom is 0.0921 e. The van der Waals surface area contributed by atoms with Crippen molar-refractivity contribution in [3.8, 4) is 0 Å². The first kappa shape index (κ1) is 8.06. The van der Waals surface area contributed by atoms with E-state index in [1.807, 2.05) is 11.1 Å². The Bertz CT molecular complexity index is 374. The van der Waals surface area contributed by atoms with Crippen LogP contribution < -0.4 is 5.06 Å². The fourth-order valence-corrected chi connectivity index (χ4v) is 2.34. The Hall–Kier alpha value is -1.28. The summed E-state index contributed by atoms with van der Waals surface area (Å²) in [5.74, 6) is 0. The molecular weight excluding hydrogens is 174 g/mol. The van der Waals surface area contributed by atoms with Crippen molar-refractivity contribution in [1.29, 1.82) is 0 Å². The third-order valence-electron chi connectivity index (χ3n) is 3.02. The molecular formula is C12H13NO. The van der Waals surface area contributed by atoms with Crippen molar-refractivity contribution in [2.45, 2.75) is 25.0 Å². The van der Waals surface area contributed by atoms with Crippen LogP contribution in [0.1, 0.15) is 12.0 Å². The Morgan fingerprint density at radius 1 is 1.43 bits per heavy atom. The van der Waals surface area contributed by atoms with Crippen LogP contribution in [0.25, 0.3) is 0 Å². The first-order valence-corrected chi connectivity index (χ1v) is 5.05. The van der Waals surface area contributed by atoms with Gasteiger partial charge in [0.1, 0.15) is 0 Å². The molecule has 2 nitrogen and oxygen atoms in total. The van der Waals surface area contributed by atoms with E-state index in [-0.39, 0.29) is 0 Å². The van der Waals surface area contributed by atoms with Gasteiger partial charge in [-0.2, -0.15) is 0 Å². The fraction of sp³-hybridized carbons (Fsp3) is 0.333. The SMILES string of the molecule is C=C[C@@H]1CC2Cc3ccccc3N1O2. The summed E-state index contributed by atoms with van der Waals surface area (Å²) in [5.41, 5.74) is 2.61. The molecule has 0 radical (unpaired) electrons. The van der Waals surface area contributed by atoms with Crippen molar-refractivity contribution in [2.24, 2.45) is 0 Å². The van der Waals surface area contributed by atoms with Crippen LogP contribution in [0.3, 0.4) is 0 Å². The molecule has 0 N–H and O–H groups in total. The molecule has 0 amide bonds. The summed E-state index contributed by atoms with van der Waals surface area (Å²) >= 11 is 0. The second kappa shape index (κ2) is 2.85. The molecule has 2 heteroatoms. The van der Waals surface area contributed by atoms with Gasteiger partial charge in [0.25, 0.3) is 0 Å². The second-order valence-electron chi connectivity index (χ2n) is 3.92. The lowest BCUT2D eigenvalue weighted by Gasteiger charge is -2.28. The van der Waals surface area contributed by atoms with Gasteiger partial charge in [-0.15, -0.1) is 6.58 Å². The van der Waals surface area contributed by atoms with Crippen LogP contribution in [0, 0.1) is 0 Å². The molecule has 2 bridgehead atoms. The van der Waals surface area contributed by atoms with Gasteiger partial charge in [0.15, 0.2) is 0 Å². The van der Waals surface area contributed by atoms with E-state index in [1.165, 1.54) is 11.3 Å². The van der Waals surface area contributed by atoms with E-state index in [4.69, 9.17) is 4.84 Å². The van der Waals surface area contributed by atoms with Crippen LogP contribution >= 0.6 is 0 Å². The van der Waals surface area contributed by atoms with Crippen LogP contribution in [-0.4, -0.2) is 12.1 Å². The molecule has 2 heterocycles. The average Bonchev–Trinajstić information content (AvgIpc) is 2.56. The van der Waals surface area contributed by atoms with Gasteiger partial charge in [0, 0.05) is 12.8 Å². The fourth-order valence-electron chi connectivity index (χ4n) is 2.34. The molecule has 0 spiro atoms. The molecule has 72 valence electrons. The van der Waals surface area contributed by atoms with Gasteiger partial charge in [0.2, 0.25) is 0 Å². The zero-order chi connectivity index (χ0) is 9.54. The quantitative estimate of drug-likeness (QED) is 0.625. The van der Waals surface area contributed by atoms with Crippen LogP contribution in [0.5, 0.6) is 0 Å². The van der Waals surface area contributed by atoms with Crippen LogP contribution in [0.15, 0.2) is 36.9 Å². The van der Waals surface area contributed by atoms with Crippen LogP contribution in [0.2, 0.25) is 0 Å².